The van der Waals surface area contributed by atoms with Crippen LogP contribution in [0, 0.1) is 0 Å². The second kappa shape index (κ2) is 18.9. The van der Waals surface area contributed by atoms with Crippen LogP contribution in [0.25, 0.3) is 0 Å². The van der Waals surface area contributed by atoms with Gasteiger partial charge in [0.25, 0.3) is 5.91 Å². The number of thioether (sulfide) groups is 2. The Labute approximate surface area is 247 Å². The number of hydrogen-bond donors (Lipinski definition) is 0. The topological polar surface area (TPSA) is 35.9 Å². The van der Waals surface area contributed by atoms with Gasteiger partial charge in [0.1, 0.15) is 4.91 Å². The molecule has 0 radical (unpaired) electrons. The zero-order chi connectivity index (χ0) is 27.7. The summed E-state index contributed by atoms with van der Waals surface area (Å²) in [6.45, 7) is 6.05. The molecule has 6 heteroatoms. The van der Waals surface area contributed by atoms with Gasteiger partial charge in [-0.05, 0) is 36.7 Å². The van der Waals surface area contributed by atoms with Crippen LogP contribution in [0.1, 0.15) is 129 Å². The molecular weight excluding hydrogens is 519 g/mol. The smallest absolute Gasteiger partial charge is 0.269 e. The predicted octanol–water partition coefficient (Wildman–Crippen LogP) is 10.4. The van der Waals surface area contributed by atoms with E-state index in [-0.39, 0.29) is 5.91 Å². The summed E-state index contributed by atoms with van der Waals surface area (Å²) in [5, 5.41) is 1.95. The molecule has 0 saturated carbocycles. The van der Waals surface area contributed by atoms with Gasteiger partial charge in [-0.2, -0.15) is 0 Å². The fourth-order valence-electron chi connectivity index (χ4n) is 5.30. The number of aliphatic imine (C=N–C) groups is 1. The molecule has 0 spiro atoms. The Morgan fingerprint density at radius 3 is 1.79 bits per heavy atom. The lowest BCUT2D eigenvalue weighted by molar-refractivity contribution is -0.122. The summed E-state index contributed by atoms with van der Waals surface area (Å²) < 4.78 is 0. The summed E-state index contributed by atoms with van der Waals surface area (Å²) in [7, 11) is 2.07. The quantitative estimate of drug-likeness (QED) is 0.115. The average Bonchev–Trinajstić information content (AvgIpc) is 3.44. The van der Waals surface area contributed by atoms with Crippen molar-refractivity contribution in [3.05, 3.63) is 34.2 Å². The fraction of sp³-hybridized carbons (Fsp3) is 0.697. The first-order valence-electron chi connectivity index (χ1n) is 16.0. The van der Waals surface area contributed by atoms with Crippen molar-refractivity contribution in [2.45, 2.75) is 134 Å². The maximum atomic E-state index is 13.4. The Morgan fingerprint density at radius 2 is 1.23 bits per heavy atom. The minimum absolute atomic E-state index is 0.126. The Bertz CT molecular complexity index is 929. The third-order valence-electron chi connectivity index (χ3n) is 7.79. The zero-order valence-electron chi connectivity index (χ0n) is 25.0. The first-order chi connectivity index (χ1) is 19.2. The standard InChI is InChI=1S/C33H53N3OS2/c1-4-6-8-9-10-11-12-13-14-15-16-17-18-19-20-23-26-34-33-36(27-7-5-2)31(37)30(39-33)32-35(3)28-24-21-22-25-29(28)38-32/h21-22,24-25H,4-20,23,26-27H2,1-3H3/b32-30-,34-33?. The van der Waals surface area contributed by atoms with Gasteiger partial charge in [-0.15, -0.1) is 0 Å². The Hall–Kier alpha value is -1.40. The molecule has 2 heterocycles. The number of rotatable bonds is 20. The van der Waals surface area contributed by atoms with Crippen LogP contribution < -0.4 is 4.90 Å². The van der Waals surface area contributed by atoms with E-state index in [0.717, 1.165) is 47.5 Å². The van der Waals surface area contributed by atoms with Crippen LogP contribution in [0.4, 0.5) is 5.69 Å². The van der Waals surface area contributed by atoms with E-state index < -0.39 is 0 Å². The average molecular weight is 572 g/mol. The van der Waals surface area contributed by atoms with Crippen molar-refractivity contribution in [2.24, 2.45) is 4.99 Å². The van der Waals surface area contributed by atoms with E-state index in [4.69, 9.17) is 4.99 Å². The van der Waals surface area contributed by atoms with Crippen molar-refractivity contribution in [2.75, 3.05) is 25.0 Å². The monoisotopic (exact) mass is 571 g/mol. The van der Waals surface area contributed by atoms with Crippen molar-refractivity contribution >= 4 is 40.3 Å². The van der Waals surface area contributed by atoms with Crippen molar-refractivity contribution in [1.82, 2.24) is 4.90 Å². The van der Waals surface area contributed by atoms with E-state index in [0.29, 0.717) is 0 Å². The van der Waals surface area contributed by atoms with Crippen molar-refractivity contribution in [1.29, 1.82) is 0 Å². The molecular formula is C33H53N3OS2. The molecule has 1 fully saturated rings. The minimum atomic E-state index is 0.126. The van der Waals surface area contributed by atoms with Crippen LogP contribution in [0.5, 0.6) is 0 Å². The molecule has 1 amide bonds. The van der Waals surface area contributed by atoms with Gasteiger partial charge >= 0.3 is 0 Å². The lowest BCUT2D eigenvalue weighted by Crippen LogP contribution is -2.30. The van der Waals surface area contributed by atoms with Crippen LogP contribution in [0.15, 0.2) is 44.1 Å². The van der Waals surface area contributed by atoms with Gasteiger partial charge in [0.15, 0.2) is 5.17 Å². The Balaban J connectivity index is 1.31. The molecule has 1 aromatic carbocycles. The highest BCUT2D eigenvalue weighted by atomic mass is 32.2. The molecule has 0 unspecified atom stereocenters. The van der Waals surface area contributed by atoms with E-state index >= 15 is 0 Å². The molecule has 0 aliphatic carbocycles. The third kappa shape index (κ3) is 10.5. The van der Waals surface area contributed by atoms with Crippen LogP contribution in [0.2, 0.25) is 0 Å². The maximum Gasteiger partial charge on any atom is 0.269 e. The molecule has 3 rings (SSSR count). The van der Waals surface area contributed by atoms with Crippen LogP contribution in [-0.2, 0) is 4.79 Å². The molecule has 0 aromatic heterocycles. The van der Waals surface area contributed by atoms with Gasteiger partial charge in [-0.3, -0.25) is 14.7 Å². The number of para-hydroxylation sites is 1. The van der Waals surface area contributed by atoms with Gasteiger partial charge < -0.3 is 4.90 Å². The largest absolute Gasteiger partial charge is 0.337 e. The highest BCUT2D eigenvalue weighted by Gasteiger charge is 2.38. The summed E-state index contributed by atoms with van der Waals surface area (Å²) in [6, 6.07) is 8.39. The van der Waals surface area contributed by atoms with Gasteiger partial charge in [-0.25, -0.2) is 0 Å². The molecule has 1 aromatic rings. The number of unbranched alkanes of at least 4 members (excludes halogenated alkanes) is 16. The number of nitrogens with zero attached hydrogens (tertiary/aromatic N) is 3. The number of hydrogen-bond acceptors (Lipinski definition) is 5. The van der Waals surface area contributed by atoms with E-state index in [2.05, 4.69) is 50.1 Å². The number of amides is 1. The molecule has 0 N–H and O–H groups in total. The normalized spacial score (nSPS) is 18.1. The minimum Gasteiger partial charge on any atom is -0.337 e. The number of carbonyl (C=O) groups excluding carboxylic acids is 1. The van der Waals surface area contributed by atoms with Gasteiger partial charge in [0, 0.05) is 25.0 Å². The van der Waals surface area contributed by atoms with Crippen molar-refractivity contribution < 1.29 is 4.79 Å². The van der Waals surface area contributed by atoms with Gasteiger partial charge in [-0.1, -0.05) is 140 Å². The van der Waals surface area contributed by atoms with Crippen LogP contribution >= 0.6 is 23.5 Å². The fourth-order valence-corrected chi connectivity index (χ4v) is 7.68. The van der Waals surface area contributed by atoms with Gasteiger partial charge in [0.05, 0.1) is 10.7 Å². The second-order valence-corrected chi connectivity index (χ2v) is 13.2. The lowest BCUT2D eigenvalue weighted by Gasteiger charge is -2.16. The number of anilines is 1. The first kappa shape index (κ1) is 32.1. The third-order valence-corrected chi connectivity index (χ3v) is 10.3. The number of amidine groups is 1. The summed E-state index contributed by atoms with van der Waals surface area (Å²) in [4.78, 5) is 24.5. The lowest BCUT2D eigenvalue weighted by atomic mass is 10.0. The number of fused-ring (bicyclic) bond motifs is 1. The molecule has 0 atom stereocenters. The molecule has 218 valence electrons. The van der Waals surface area contributed by atoms with Crippen LogP contribution in [-0.4, -0.2) is 36.1 Å². The maximum absolute atomic E-state index is 13.4. The highest BCUT2D eigenvalue weighted by Crippen LogP contribution is 2.49. The van der Waals surface area contributed by atoms with E-state index in [1.54, 1.807) is 23.5 Å². The molecule has 0 bridgehead atoms. The van der Waals surface area contributed by atoms with E-state index in [1.807, 2.05) is 4.90 Å². The van der Waals surface area contributed by atoms with E-state index in [9.17, 15) is 4.79 Å². The van der Waals surface area contributed by atoms with Gasteiger partial charge in [0.2, 0.25) is 0 Å². The summed E-state index contributed by atoms with van der Waals surface area (Å²) >= 11 is 3.29. The predicted molar refractivity (Wildman–Crippen MR) is 174 cm³/mol. The highest BCUT2D eigenvalue weighted by molar-refractivity contribution is 8.19. The second-order valence-electron chi connectivity index (χ2n) is 11.1. The summed E-state index contributed by atoms with van der Waals surface area (Å²) in [5.41, 5.74) is 1.18. The SMILES string of the molecule is CCCCCCCCCCCCCCCCCCN=C1S/C(=C2\Sc3ccccc3N2C)C(=O)N1CCCC. The molecule has 2 aliphatic heterocycles. The molecule has 4 nitrogen and oxygen atoms in total. The summed E-state index contributed by atoms with van der Waals surface area (Å²) in [6.07, 6.45) is 24.1. The Kier molecular flexibility index (Phi) is 15.5. The van der Waals surface area contributed by atoms with E-state index in [1.165, 1.54) is 107 Å². The molecule has 2 aliphatic rings. The Morgan fingerprint density at radius 1 is 0.692 bits per heavy atom. The first-order valence-corrected chi connectivity index (χ1v) is 17.6. The number of benzene rings is 1. The van der Waals surface area contributed by atoms with Crippen LogP contribution in [0.3, 0.4) is 0 Å². The number of carbonyl (C=O) groups is 1. The van der Waals surface area contributed by atoms with Crippen molar-refractivity contribution in [3.63, 3.8) is 0 Å². The summed E-state index contributed by atoms with van der Waals surface area (Å²) in [5.74, 6) is 0.126. The molecule has 1 saturated heterocycles. The molecule has 39 heavy (non-hydrogen) atoms. The zero-order valence-corrected chi connectivity index (χ0v) is 26.7. The van der Waals surface area contributed by atoms with Crippen molar-refractivity contribution in [3.8, 4) is 0 Å².